The average molecular weight is 210 g/mol. The number of hydrogen-bond acceptors (Lipinski definition) is 2. The summed E-state index contributed by atoms with van der Waals surface area (Å²) in [7, 11) is 1.65. The molecule has 1 unspecified atom stereocenters. The monoisotopic (exact) mass is 210 g/mol. The molecule has 0 saturated heterocycles. The lowest BCUT2D eigenvalue weighted by Crippen LogP contribution is -2.32. The number of allylic oxidation sites excluding steroid dienone is 1. The molecule has 0 aromatic carbocycles. The van der Waals surface area contributed by atoms with Crippen molar-refractivity contribution in [3.05, 3.63) is 11.6 Å². The van der Waals surface area contributed by atoms with Crippen molar-refractivity contribution in [2.75, 3.05) is 7.11 Å². The van der Waals surface area contributed by atoms with Gasteiger partial charge in [-0.25, -0.2) is 0 Å². The maximum Gasteiger partial charge on any atom is 0.184 e. The van der Waals surface area contributed by atoms with Gasteiger partial charge in [-0.3, -0.25) is 4.79 Å². The zero-order chi connectivity index (χ0) is 11.3. The highest BCUT2D eigenvalue weighted by molar-refractivity contribution is 5.94. The second-order valence-corrected chi connectivity index (χ2v) is 4.68. The second-order valence-electron chi connectivity index (χ2n) is 4.68. The number of ketones is 1. The molecule has 2 nitrogen and oxygen atoms in total. The smallest absolute Gasteiger partial charge is 0.184 e. The Morgan fingerprint density at radius 1 is 1.27 bits per heavy atom. The van der Waals surface area contributed by atoms with Crippen LogP contribution in [0.25, 0.3) is 0 Å². The number of hydrogen-bond donors (Lipinski definition) is 0. The van der Waals surface area contributed by atoms with E-state index in [2.05, 4.69) is 0 Å². The third kappa shape index (κ3) is 3.78. The lowest BCUT2D eigenvalue weighted by Gasteiger charge is -2.27. The van der Waals surface area contributed by atoms with Gasteiger partial charge in [-0.2, -0.15) is 0 Å². The third-order valence-electron chi connectivity index (χ3n) is 3.04. The summed E-state index contributed by atoms with van der Waals surface area (Å²) in [6, 6.07) is 0. The summed E-state index contributed by atoms with van der Waals surface area (Å²) in [5, 5.41) is 0. The highest BCUT2D eigenvalue weighted by atomic mass is 16.5. The van der Waals surface area contributed by atoms with Crippen LogP contribution in [0.1, 0.15) is 46.0 Å². The van der Waals surface area contributed by atoms with Crippen molar-refractivity contribution in [2.24, 2.45) is 5.92 Å². The molecule has 0 radical (unpaired) electrons. The lowest BCUT2D eigenvalue weighted by molar-refractivity contribution is -0.127. The molecule has 1 rings (SSSR count). The van der Waals surface area contributed by atoms with Crippen LogP contribution in [-0.2, 0) is 9.53 Å². The molecule has 0 bridgehead atoms. The van der Waals surface area contributed by atoms with Crippen molar-refractivity contribution in [1.82, 2.24) is 0 Å². The van der Waals surface area contributed by atoms with E-state index in [4.69, 9.17) is 4.74 Å². The minimum absolute atomic E-state index is 0.143. The quantitative estimate of drug-likeness (QED) is 0.666. The second kappa shape index (κ2) is 6.06. The molecule has 0 N–H and O–H groups in total. The molecule has 1 saturated carbocycles. The molecule has 15 heavy (non-hydrogen) atoms. The van der Waals surface area contributed by atoms with Crippen LogP contribution in [0.4, 0.5) is 0 Å². The molecule has 0 heterocycles. The van der Waals surface area contributed by atoms with Crippen LogP contribution >= 0.6 is 0 Å². The van der Waals surface area contributed by atoms with Crippen LogP contribution < -0.4 is 0 Å². The van der Waals surface area contributed by atoms with Gasteiger partial charge in [0.1, 0.15) is 6.10 Å². The Balaban J connectivity index is 2.61. The van der Waals surface area contributed by atoms with Crippen LogP contribution in [0.3, 0.4) is 0 Å². The van der Waals surface area contributed by atoms with Crippen LogP contribution in [0, 0.1) is 5.92 Å². The van der Waals surface area contributed by atoms with Crippen LogP contribution in [0.15, 0.2) is 11.6 Å². The maximum atomic E-state index is 11.9. The molecule has 0 aromatic heterocycles. The molecule has 1 aliphatic rings. The van der Waals surface area contributed by atoms with E-state index < -0.39 is 0 Å². The zero-order valence-electron chi connectivity index (χ0n) is 10.1. The average Bonchev–Trinajstić information content (AvgIpc) is 2.19. The fraction of sp³-hybridized carbons (Fsp3) is 0.769. The summed E-state index contributed by atoms with van der Waals surface area (Å²) in [5.41, 5.74) is 1.05. The molecule has 0 spiro atoms. The molecule has 0 amide bonds. The van der Waals surface area contributed by atoms with E-state index >= 15 is 0 Å². The van der Waals surface area contributed by atoms with Gasteiger partial charge in [0.05, 0.1) is 0 Å². The minimum Gasteiger partial charge on any atom is -0.373 e. The Labute approximate surface area is 92.7 Å². The van der Waals surface area contributed by atoms with E-state index in [1.165, 1.54) is 19.3 Å². The Morgan fingerprint density at radius 2 is 1.87 bits per heavy atom. The van der Waals surface area contributed by atoms with Crippen molar-refractivity contribution in [1.29, 1.82) is 0 Å². The Kier molecular flexibility index (Phi) is 5.03. The van der Waals surface area contributed by atoms with Crippen molar-refractivity contribution in [2.45, 2.75) is 52.1 Å². The topological polar surface area (TPSA) is 26.3 Å². The molecule has 1 atom stereocenters. The molecule has 0 aromatic rings. The minimum atomic E-state index is -0.208. The van der Waals surface area contributed by atoms with Gasteiger partial charge in [0, 0.05) is 7.11 Å². The number of carbonyl (C=O) groups excluding carboxylic acids is 1. The molecular formula is C13H22O2. The Bertz CT molecular complexity index is 233. The summed E-state index contributed by atoms with van der Waals surface area (Å²) >= 11 is 0. The molecule has 2 heteroatoms. The fourth-order valence-corrected chi connectivity index (χ4v) is 2.34. The molecular weight excluding hydrogens is 188 g/mol. The van der Waals surface area contributed by atoms with Crippen LogP contribution in [0.2, 0.25) is 0 Å². The van der Waals surface area contributed by atoms with E-state index in [1.807, 2.05) is 13.8 Å². The first-order valence-electron chi connectivity index (χ1n) is 5.86. The number of methoxy groups -OCH3 is 1. The summed E-state index contributed by atoms with van der Waals surface area (Å²) in [6.07, 6.45) is 7.58. The van der Waals surface area contributed by atoms with E-state index in [9.17, 15) is 4.79 Å². The van der Waals surface area contributed by atoms with Gasteiger partial charge >= 0.3 is 0 Å². The number of rotatable bonds is 4. The fourth-order valence-electron chi connectivity index (χ4n) is 2.34. The highest BCUT2D eigenvalue weighted by Crippen LogP contribution is 2.28. The maximum absolute atomic E-state index is 11.9. The van der Waals surface area contributed by atoms with Crippen molar-refractivity contribution in [3.8, 4) is 0 Å². The van der Waals surface area contributed by atoms with Gasteiger partial charge in [-0.1, -0.05) is 24.8 Å². The summed E-state index contributed by atoms with van der Waals surface area (Å²) < 4.78 is 5.36. The molecule has 1 aliphatic carbocycles. The zero-order valence-corrected chi connectivity index (χ0v) is 10.1. The van der Waals surface area contributed by atoms with Gasteiger partial charge in [0.2, 0.25) is 0 Å². The van der Waals surface area contributed by atoms with E-state index in [0.717, 1.165) is 18.4 Å². The Hall–Kier alpha value is -0.630. The van der Waals surface area contributed by atoms with Crippen molar-refractivity contribution < 1.29 is 9.53 Å². The van der Waals surface area contributed by atoms with Gasteiger partial charge in [-0.15, -0.1) is 0 Å². The third-order valence-corrected chi connectivity index (χ3v) is 3.04. The molecule has 1 fully saturated rings. The molecule has 0 aliphatic heterocycles. The first kappa shape index (κ1) is 12.4. The summed E-state index contributed by atoms with van der Waals surface area (Å²) in [5.74, 6) is 0.580. The normalized spacial score (nSPS) is 19.7. The largest absolute Gasteiger partial charge is 0.373 e. The van der Waals surface area contributed by atoms with Gasteiger partial charge in [0.15, 0.2) is 5.78 Å². The first-order chi connectivity index (χ1) is 7.15. The van der Waals surface area contributed by atoms with Crippen molar-refractivity contribution in [3.63, 3.8) is 0 Å². The lowest BCUT2D eigenvalue weighted by atomic mass is 9.83. The van der Waals surface area contributed by atoms with Crippen LogP contribution in [0.5, 0.6) is 0 Å². The predicted molar refractivity (Wildman–Crippen MR) is 61.8 cm³/mol. The number of carbonyl (C=O) groups is 1. The predicted octanol–water partition coefficient (Wildman–Crippen LogP) is 3.12. The Morgan fingerprint density at radius 3 is 2.33 bits per heavy atom. The van der Waals surface area contributed by atoms with Gasteiger partial charge in [-0.05, 0) is 38.7 Å². The summed E-state index contributed by atoms with van der Waals surface area (Å²) in [6.45, 7) is 3.90. The van der Waals surface area contributed by atoms with Gasteiger partial charge < -0.3 is 4.74 Å². The number of ether oxygens (including phenoxy) is 1. The van der Waals surface area contributed by atoms with Gasteiger partial charge in [0.25, 0.3) is 0 Å². The SMILES string of the molecule is COC(C(=O)C=C(C)C)C1CCCCC1. The standard InChI is InChI=1S/C13H22O2/c1-10(2)9-12(14)13(15-3)11-7-5-4-6-8-11/h9,11,13H,4-8H2,1-3H3. The van der Waals surface area contributed by atoms with Crippen LogP contribution in [-0.4, -0.2) is 19.0 Å². The highest BCUT2D eigenvalue weighted by Gasteiger charge is 2.27. The first-order valence-corrected chi connectivity index (χ1v) is 5.86. The summed E-state index contributed by atoms with van der Waals surface area (Å²) in [4.78, 5) is 11.9. The van der Waals surface area contributed by atoms with E-state index in [-0.39, 0.29) is 11.9 Å². The van der Waals surface area contributed by atoms with E-state index in [0.29, 0.717) is 5.92 Å². The molecule has 86 valence electrons. The van der Waals surface area contributed by atoms with E-state index in [1.54, 1.807) is 13.2 Å². The van der Waals surface area contributed by atoms with Crippen molar-refractivity contribution >= 4 is 5.78 Å².